The SMILES string of the molecule is CCNC(=NCCc1ccc(C)nc1)NC1CCC(C)(C)CC1. The fraction of sp³-hybridized carbons (Fsp3) is 0.684. The van der Waals surface area contributed by atoms with Gasteiger partial charge in [-0.1, -0.05) is 19.9 Å². The van der Waals surface area contributed by atoms with Crippen molar-refractivity contribution in [2.75, 3.05) is 13.1 Å². The minimum Gasteiger partial charge on any atom is -0.357 e. The standard InChI is InChI=1S/C19H32N4/c1-5-20-18(23-17-8-11-19(3,4)12-9-17)21-13-10-16-7-6-15(2)22-14-16/h6-7,14,17H,5,8-13H2,1-4H3,(H2,20,21,23). The monoisotopic (exact) mass is 316 g/mol. The molecule has 0 aromatic carbocycles. The quantitative estimate of drug-likeness (QED) is 0.646. The van der Waals surface area contributed by atoms with Gasteiger partial charge in [-0.3, -0.25) is 9.98 Å². The molecule has 0 atom stereocenters. The third kappa shape index (κ3) is 6.20. The summed E-state index contributed by atoms with van der Waals surface area (Å²) in [7, 11) is 0. The van der Waals surface area contributed by atoms with Crippen LogP contribution in [0.5, 0.6) is 0 Å². The van der Waals surface area contributed by atoms with Crippen LogP contribution in [0.1, 0.15) is 57.7 Å². The van der Waals surface area contributed by atoms with Gasteiger partial charge in [0, 0.05) is 31.0 Å². The Bertz CT molecular complexity index is 495. The Morgan fingerprint density at radius 1 is 1.30 bits per heavy atom. The van der Waals surface area contributed by atoms with Crippen LogP contribution in [0.15, 0.2) is 23.3 Å². The Kier molecular flexibility index (Phi) is 6.43. The molecule has 0 aliphatic heterocycles. The minimum absolute atomic E-state index is 0.506. The summed E-state index contributed by atoms with van der Waals surface area (Å²) < 4.78 is 0. The van der Waals surface area contributed by atoms with Crippen LogP contribution in [0.4, 0.5) is 0 Å². The van der Waals surface area contributed by atoms with E-state index >= 15 is 0 Å². The van der Waals surface area contributed by atoms with Crippen LogP contribution in [-0.4, -0.2) is 30.1 Å². The molecule has 4 nitrogen and oxygen atoms in total. The van der Waals surface area contributed by atoms with E-state index in [4.69, 9.17) is 4.99 Å². The van der Waals surface area contributed by atoms with Gasteiger partial charge in [0.15, 0.2) is 5.96 Å². The van der Waals surface area contributed by atoms with Gasteiger partial charge in [-0.25, -0.2) is 0 Å². The maximum Gasteiger partial charge on any atom is 0.191 e. The molecule has 0 bridgehead atoms. The van der Waals surface area contributed by atoms with E-state index in [9.17, 15) is 0 Å². The number of rotatable bonds is 5. The van der Waals surface area contributed by atoms with Crippen LogP contribution in [-0.2, 0) is 6.42 Å². The predicted octanol–water partition coefficient (Wildman–Crippen LogP) is 3.46. The molecule has 1 aliphatic carbocycles. The minimum atomic E-state index is 0.506. The van der Waals surface area contributed by atoms with Gasteiger partial charge in [-0.15, -0.1) is 0 Å². The highest BCUT2D eigenvalue weighted by Crippen LogP contribution is 2.34. The van der Waals surface area contributed by atoms with Gasteiger partial charge in [-0.2, -0.15) is 0 Å². The van der Waals surface area contributed by atoms with E-state index in [0.29, 0.717) is 11.5 Å². The van der Waals surface area contributed by atoms with Crippen molar-refractivity contribution in [3.63, 3.8) is 0 Å². The van der Waals surface area contributed by atoms with Crippen molar-refractivity contribution in [2.45, 2.75) is 65.8 Å². The number of guanidine groups is 1. The van der Waals surface area contributed by atoms with Crippen LogP contribution < -0.4 is 10.6 Å². The molecular formula is C19H32N4. The van der Waals surface area contributed by atoms with Gasteiger partial charge in [0.05, 0.1) is 0 Å². The fourth-order valence-electron chi connectivity index (χ4n) is 3.00. The number of pyridine rings is 1. The average Bonchev–Trinajstić information content (AvgIpc) is 2.51. The average molecular weight is 316 g/mol. The number of nitrogens with one attached hydrogen (secondary N) is 2. The Morgan fingerprint density at radius 2 is 2.04 bits per heavy atom. The maximum absolute atomic E-state index is 4.73. The summed E-state index contributed by atoms with van der Waals surface area (Å²) in [6.45, 7) is 10.6. The zero-order valence-electron chi connectivity index (χ0n) is 15.2. The van der Waals surface area contributed by atoms with Crippen molar-refractivity contribution in [1.29, 1.82) is 0 Å². The first-order valence-corrected chi connectivity index (χ1v) is 8.95. The van der Waals surface area contributed by atoms with Crippen molar-refractivity contribution in [3.8, 4) is 0 Å². The lowest BCUT2D eigenvalue weighted by Crippen LogP contribution is -2.45. The second-order valence-electron chi connectivity index (χ2n) is 7.40. The van der Waals surface area contributed by atoms with Crippen molar-refractivity contribution >= 4 is 5.96 Å². The third-order valence-electron chi connectivity index (χ3n) is 4.67. The molecule has 2 rings (SSSR count). The summed E-state index contributed by atoms with van der Waals surface area (Å²) in [4.78, 5) is 9.07. The van der Waals surface area contributed by atoms with Crippen LogP contribution >= 0.6 is 0 Å². The lowest BCUT2D eigenvalue weighted by atomic mass is 9.75. The van der Waals surface area contributed by atoms with E-state index in [1.54, 1.807) is 0 Å². The Morgan fingerprint density at radius 3 is 2.65 bits per heavy atom. The number of aryl methyl sites for hydroxylation is 1. The van der Waals surface area contributed by atoms with Crippen molar-refractivity contribution in [1.82, 2.24) is 15.6 Å². The lowest BCUT2D eigenvalue weighted by Gasteiger charge is -2.35. The van der Waals surface area contributed by atoms with Gasteiger partial charge >= 0.3 is 0 Å². The zero-order chi connectivity index (χ0) is 16.7. The van der Waals surface area contributed by atoms with E-state index < -0.39 is 0 Å². The highest BCUT2D eigenvalue weighted by molar-refractivity contribution is 5.80. The second kappa shape index (κ2) is 8.32. The number of aromatic nitrogens is 1. The molecule has 1 heterocycles. The van der Waals surface area contributed by atoms with Crippen LogP contribution in [0, 0.1) is 12.3 Å². The maximum atomic E-state index is 4.73. The molecule has 1 aromatic heterocycles. The summed E-state index contributed by atoms with van der Waals surface area (Å²) in [5.74, 6) is 0.956. The highest BCUT2D eigenvalue weighted by Gasteiger charge is 2.27. The van der Waals surface area contributed by atoms with E-state index in [1.807, 2.05) is 13.1 Å². The molecule has 4 heteroatoms. The third-order valence-corrected chi connectivity index (χ3v) is 4.67. The number of hydrogen-bond acceptors (Lipinski definition) is 2. The van der Waals surface area contributed by atoms with Crippen molar-refractivity contribution < 1.29 is 0 Å². The van der Waals surface area contributed by atoms with Gasteiger partial charge in [0.25, 0.3) is 0 Å². The zero-order valence-corrected chi connectivity index (χ0v) is 15.2. The summed E-state index contributed by atoms with van der Waals surface area (Å²) in [6, 6.07) is 4.76. The van der Waals surface area contributed by atoms with Crippen LogP contribution in [0.3, 0.4) is 0 Å². The number of hydrogen-bond donors (Lipinski definition) is 2. The molecule has 1 aliphatic rings. The van der Waals surface area contributed by atoms with E-state index in [-0.39, 0.29) is 0 Å². The molecule has 0 unspecified atom stereocenters. The topological polar surface area (TPSA) is 49.3 Å². The molecule has 0 saturated heterocycles. The van der Waals surface area contributed by atoms with Crippen molar-refractivity contribution in [2.24, 2.45) is 10.4 Å². The first-order chi connectivity index (χ1) is 11.0. The molecule has 0 amide bonds. The molecule has 2 N–H and O–H groups in total. The van der Waals surface area contributed by atoms with Crippen LogP contribution in [0.25, 0.3) is 0 Å². The first-order valence-electron chi connectivity index (χ1n) is 8.95. The molecule has 1 fully saturated rings. The van der Waals surface area contributed by atoms with E-state index in [2.05, 4.69) is 48.5 Å². The fourth-order valence-corrected chi connectivity index (χ4v) is 3.00. The number of aliphatic imine (C=N–C) groups is 1. The van der Waals surface area contributed by atoms with E-state index in [0.717, 1.165) is 31.2 Å². The van der Waals surface area contributed by atoms with Crippen molar-refractivity contribution in [3.05, 3.63) is 29.6 Å². The van der Waals surface area contributed by atoms with E-state index in [1.165, 1.54) is 31.2 Å². The van der Waals surface area contributed by atoms with Gasteiger partial charge in [0.1, 0.15) is 0 Å². The largest absolute Gasteiger partial charge is 0.357 e. The Balaban J connectivity index is 1.83. The van der Waals surface area contributed by atoms with Gasteiger partial charge in [-0.05, 0) is 63.0 Å². The molecule has 23 heavy (non-hydrogen) atoms. The predicted molar refractivity (Wildman–Crippen MR) is 97.8 cm³/mol. The normalized spacial score (nSPS) is 18.7. The molecule has 128 valence electrons. The summed E-state index contributed by atoms with van der Waals surface area (Å²) in [6.07, 6.45) is 7.94. The highest BCUT2D eigenvalue weighted by atomic mass is 15.2. The lowest BCUT2D eigenvalue weighted by molar-refractivity contribution is 0.216. The van der Waals surface area contributed by atoms with Gasteiger partial charge < -0.3 is 10.6 Å². The number of nitrogens with zero attached hydrogens (tertiary/aromatic N) is 2. The Hall–Kier alpha value is -1.58. The second-order valence-corrected chi connectivity index (χ2v) is 7.40. The summed E-state index contributed by atoms with van der Waals surface area (Å²) in [5, 5.41) is 6.98. The molecule has 1 saturated carbocycles. The summed E-state index contributed by atoms with van der Waals surface area (Å²) >= 11 is 0. The Labute approximate surface area is 141 Å². The smallest absolute Gasteiger partial charge is 0.191 e. The molecule has 0 spiro atoms. The summed E-state index contributed by atoms with van der Waals surface area (Å²) in [5.41, 5.74) is 2.81. The molecule has 1 aromatic rings. The first kappa shape index (κ1) is 17.8. The van der Waals surface area contributed by atoms with Crippen LogP contribution in [0.2, 0.25) is 0 Å². The molecular weight excluding hydrogens is 284 g/mol. The van der Waals surface area contributed by atoms with Gasteiger partial charge in [0.2, 0.25) is 0 Å². The molecule has 0 radical (unpaired) electrons.